The van der Waals surface area contributed by atoms with Crippen molar-refractivity contribution < 1.29 is 8.42 Å². The van der Waals surface area contributed by atoms with Crippen molar-refractivity contribution in [2.45, 2.75) is 11.8 Å². The molecule has 0 unspecified atom stereocenters. The molecule has 6 nitrogen and oxygen atoms in total. The third-order valence-corrected chi connectivity index (χ3v) is 3.08. The minimum atomic E-state index is -3.43. The standard InChI is InChI=1S/C6H12N4O2S/c1-5-6(4-8-10-5)13(11,12)9-3-2-7/h4,9H,2-3,7H2,1H3,(H,8,10). The summed E-state index contributed by atoms with van der Waals surface area (Å²) in [5, 5.41) is 6.17. The minimum Gasteiger partial charge on any atom is -0.329 e. The van der Waals surface area contributed by atoms with Crippen molar-refractivity contribution in [3.05, 3.63) is 11.9 Å². The lowest BCUT2D eigenvalue weighted by Gasteiger charge is -2.02. The Morgan fingerprint density at radius 2 is 2.38 bits per heavy atom. The highest BCUT2D eigenvalue weighted by atomic mass is 32.2. The van der Waals surface area contributed by atoms with Gasteiger partial charge in [0.05, 0.1) is 11.9 Å². The van der Waals surface area contributed by atoms with Crippen LogP contribution in [-0.4, -0.2) is 31.7 Å². The van der Waals surface area contributed by atoms with E-state index in [4.69, 9.17) is 5.73 Å². The average Bonchev–Trinajstić information content (AvgIpc) is 2.48. The van der Waals surface area contributed by atoms with Gasteiger partial charge in [0.2, 0.25) is 10.0 Å². The van der Waals surface area contributed by atoms with Crippen molar-refractivity contribution in [2.24, 2.45) is 5.73 Å². The molecule has 0 radical (unpaired) electrons. The molecular weight excluding hydrogens is 192 g/mol. The number of aromatic amines is 1. The molecule has 4 N–H and O–H groups in total. The predicted molar refractivity (Wildman–Crippen MR) is 47.6 cm³/mol. The molecule has 1 aromatic heterocycles. The summed E-state index contributed by atoms with van der Waals surface area (Å²) in [7, 11) is -3.43. The topological polar surface area (TPSA) is 101 Å². The number of sulfonamides is 1. The lowest BCUT2D eigenvalue weighted by atomic mass is 10.5. The van der Waals surface area contributed by atoms with Gasteiger partial charge in [-0.3, -0.25) is 5.10 Å². The number of nitrogens with zero attached hydrogens (tertiary/aromatic N) is 1. The Labute approximate surface area is 76.6 Å². The molecule has 1 rings (SSSR count). The van der Waals surface area contributed by atoms with E-state index in [1.165, 1.54) is 6.20 Å². The Hall–Kier alpha value is -0.920. The summed E-state index contributed by atoms with van der Waals surface area (Å²) in [6.45, 7) is 2.15. The average molecular weight is 204 g/mol. The molecule has 0 aromatic carbocycles. The summed E-state index contributed by atoms with van der Waals surface area (Å²) in [5.41, 5.74) is 5.69. The summed E-state index contributed by atoms with van der Waals surface area (Å²) in [5.74, 6) is 0. The molecule has 1 aromatic rings. The maximum atomic E-state index is 11.4. The maximum Gasteiger partial charge on any atom is 0.243 e. The first-order chi connectivity index (χ1) is 6.08. The number of nitrogens with two attached hydrogens (primary N) is 1. The molecule has 0 saturated carbocycles. The first-order valence-electron chi connectivity index (χ1n) is 3.77. The van der Waals surface area contributed by atoms with E-state index in [1.807, 2.05) is 0 Å². The third kappa shape index (κ3) is 2.27. The van der Waals surface area contributed by atoms with Crippen LogP contribution < -0.4 is 10.5 Å². The van der Waals surface area contributed by atoms with Gasteiger partial charge in [-0.25, -0.2) is 13.1 Å². The summed E-state index contributed by atoms with van der Waals surface area (Å²) in [4.78, 5) is 0.168. The lowest BCUT2D eigenvalue weighted by molar-refractivity contribution is 0.581. The lowest BCUT2D eigenvalue weighted by Crippen LogP contribution is -2.29. The van der Waals surface area contributed by atoms with E-state index < -0.39 is 10.0 Å². The molecule has 0 aliphatic carbocycles. The summed E-state index contributed by atoms with van der Waals surface area (Å²) in [6, 6.07) is 0. The zero-order valence-electron chi connectivity index (χ0n) is 7.24. The fraction of sp³-hybridized carbons (Fsp3) is 0.500. The van der Waals surface area contributed by atoms with E-state index in [0.29, 0.717) is 5.69 Å². The van der Waals surface area contributed by atoms with Crippen molar-refractivity contribution in [2.75, 3.05) is 13.1 Å². The Bertz CT molecular complexity index is 370. The second kappa shape index (κ2) is 3.86. The molecule has 1 heterocycles. The smallest absolute Gasteiger partial charge is 0.243 e. The zero-order valence-corrected chi connectivity index (χ0v) is 8.06. The second-order valence-electron chi connectivity index (χ2n) is 2.55. The highest BCUT2D eigenvalue weighted by molar-refractivity contribution is 7.89. The molecule has 0 aliphatic heterocycles. The molecule has 74 valence electrons. The molecule has 0 aliphatic rings. The number of rotatable bonds is 4. The quantitative estimate of drug-likeness (QED) is 0.582. The molecule has 0 atom stereocenters. The molecule has 0 fully saturated rings. The number of hydrogen-bond donors (Lipinski definition) is 3. The SMILES string of the molecule is Cc1[nH]ncc1S(=O)(=O)NCCN. The van der Waals surface area contributed by atoms with Crippen molar-refractivity contribution in [1.82, 2.24) is 14.9 Å². The largest absolute Gasteiger partial charge is 0.329 e. The molecular formula is C6H12N4O2S. The monoisotopic (exact) mass is 204 g/mol. The molecule has 7 heteroatoms. The van der Waals surface area contributed by atoms with Crippen molar-refractivity contribution in [3.63, 3.8) is 0 Å². The van der Waals surface area contributed by atoms with E-state index in [9.17, 15) is 8.42 Å². The van der Waals surface area contributed by atoms with Gasteiger partial charge in [0.25, 0.3) is 0 Å². The van der Waals surface area contributed by atoms with Crippen molar-refractivity contribution in [1.29, 1.82) is 0 Å². The van der Waals surface area contributed by atoms with E-state index in [-0.39, 0.29) is 18.0 Å². The molecule has 13 heavy (non-hydrogen) atoms. The van der Waals surface area contributed by atoms with Crippen LogP contribution in [0.15, 0.2) is 11.1 Å². The van der Waals surface area contributed by atoms with Gasteiger partial charge in [0.1, 0.15) is 4.90 Å². The number of nitrogens with one attached hydrogen (secondary N) is 2. The van der Waals surface area contributed by atoms with Gasteiger partial charge >= 0.3 is 0 Å². The maximum absolute atomic E-state index is 11.4. The summed E-state index contributed by atoms with van der Waals surface area (Å²) < 4.78 is 25.2. The van der Waals surface area contributed by atoms with Gasteiger partial charge in [-0.15, -0.1) is 0 Å². The van der Waals surface area contributed by atoms with Gasteiger partial charge < -0.3 is 5.73 Å². The number of hydrogen-bond acceptors (Lipinski definition) is 4. The highest BCUT2D eigenvalue weighted by Gasteiger charge is 2.16. The van der Waals surface area contributed by atoms with E-state index in [0.717, 1.165) is 0 Å². The molecule has 0 amide bonds. The second-order valence-corrected chi connectivity index (χ2v) is 4.28. The van der Waals surface area contributed by atoms with Crippen LogP contribution in [0.25, 0.3) is 0 Å². The van der Waals surface area contributed by atoms with Crippen LogP contribution in [0.3, 0.4) is 0 Å². The van der Waals surface area contributed by atoms with Crippen LogP contribution in [0.1, 0.15) is 5.69 Å². The summed E-state index contributed by atoms with van der Waals surface area (Å²) >= 11 is 0. The molecule has 0 bridgehead atoms. The van der Waals surface area contributed by atoms with Crippen LogP contribution in [0.2, 0.25) is 0 Å². The van der Waals surface area contributed by atoms with Gasteiger partial charge in [0.15, 0.2) is 0 Å². The van der Waals surface area contributed by atoms with E-state index >= 15 is 0 Å². The van der Waals surface area contributed by atoms with Crippen LogP contribution in [0, 0.1) is 6.92 Å². The van der Waals surface area contributed by atoms with E-state index in [2.05, 4.69) is 14.9 Å². The number of aryl methyl sites for hydroxylation is 1. The third-order valence-electron chi connectivity index (χ3n) is 1.51. The Morgan fingerprint density at radius 1 is 1.69 bits per heavy atom. The highest BCUT2D eigenvalue weighted by Crippen LogP contribution is 2.09. The first-order valence-corrected chi connectivity index (χ1v) is 5.26. The number of aromatic nitrogens is 2. The van der Waals surface area contributed by atoms with Crippen LogP contribution >= 0.6 is 0 Å². The van der Waals surface area contributed by atoms with Gasteiger partial charge in [-0.05, 0) is 6.92 Å². The zero-order chi connectivity index (χ0) is 9.90. The first kappa shape index (κ1) is 10.2. The van der Waals surface area contributed by atoms with Crippen LogP contribution in [0.5, 0.6) is 0 Å². The Morgan fingerprint density at radius 3 is 2.85 bits per heavy atom. The van der Waals surface area contributed by atoms with Crippen LogP contribution in [0.4, 0.5) is 0 Å². The summed E-state index contributed by atoms with van der Waals surface area (Å²) in [6.07, 6.45) is 1.27. The van der Waals surface area contributed by atoms with Gasteiger partial charge in [0, 0.05) is 13.1 Å². The van der Waals surface area contributed by atoms with Crippen LogP contribution in [-0.2, 0) is 10.0 Å². The number of H-pyrrole nitrogens is 1. The van der Waals surface area contributed by atoms with Crippen molar-refractivity contribution >= 4 is 10.0 Å². The normalized spacial score (nSPS) is 11.8. The fourth-order valence-electron chi connectivity index (χ4n) is 0.882. The fourth-order valence-corrected chi connectivity index (χ4v) is 2.06. The molecule has 0 saturated heterocycles. The Balaban J connectivity index is 2.88. The van der Waals surface area contributed by atoms with Gasteiger partial charge in [-0.1, -0.05) is 0 Å². The van der Waals surface area contributed by atoms with E-state index in [1.54, 1.807) is 6.92 Å². The minimum absolute atomic E-state index is 0.168. The predicted octanol–water partition coefficient (Wildman–Crippen LogP) is -1.04. The van der Waals surface area contributed by atoms with Gasteiger partial charge in [-0.2, -0.15) is 5.10 Å². The van der Waals surface area contributed by atoms with Crippen molar-refractivity contribution in [3.8, 4) is 0 Å². The molecule has 0 spiro atoms. The Kier molecular flexibility index (Phi) is 3.02.